The van der Waals surface area contributed by atoms with Crippen LogP contribution in [0.25, 0.3) is 0 Å². The summed E-state index contributed by atoms with van der Waals surface area (Å²) in [6, 6.07) is 2.73. The minimum atomic E-state index is -4.96. The van der Waals surface area contributed by atoms with Crippen LogP contribution in [0.3, 0.4) is 0 Å². The number of alkyl halides is 3. The van der Waals surface area contributed by atoms with Crippen molar-refractivity contribution >= 4 is 5.78 Å². The van der Waals surface area contributed by atoms with Crippen molar-refractivity contribution in [1.82, 2.24) is 0 Å². The van der Waals surface area contributed by atoms with Gasteiger partial charge in [0.1, 0.15) is 0 Å². The highest BCUT2D eigenvalue weighted by molar-refractivity contribution is 5.97. The Kier molecular flexibility index (Phi) is 4.91. The molecule has 1 rings (SSSR count). The van der Waals surface area contributed by atoms with E-state index in [4.69, 9.17) is 0 Å². The van der Waals surface area contributed by atoms with Crippen LogP contribution >= 0.6 is 0 Å². The molecule has 6 heteroatoms. The van der Waals surface area contributed by atoms with E-state index in [0.717, 1.165) is 24.6 Å². The van der Waals surface area contributed by atoms with E-state index in [2.05, 4.69) is 4.74 Å². The standard InChI is InChI=1S/C13H14F4O2/c1-3-4-8(2)12(18)9-5-6-11(10(14)7-9)19-13(15,16)17/h5-8H,3-4H2,1-2H3. The van der Waals surface area contributed by atoms with Crippen molar-refractivity contribution in [3.05, 3.63) is 29.6 Å². The smallest absolute Gasteiger partial charge is 0.403 e. The first-order chi connectivity index (χ1) is 8.74. The SMILES string of the molecule is CCCC(C)C(=O)c1ccc(OC(F)(F)F)c(F)c1. The van der Waals surface area contributed by atoms with Gasteiger partial charge in [0.05, 0.1) is 0 Å². The highest BCUT2D eigenvalue weighted by atomic mass is 19.4. The molecule has 1 aromatic carbocycles. The maximum Gasteiger partial charge on any atom is 0.573 e. The number of benzene rings is 1. The summed E-state index contributed by atoms with van der Waals surface area (Å²) >= 11 is 0. The number of carbonyl (C=O) groups is 1. The number of ether oxygens (including phenoxy) is 1. The number of carbonyl (C=O) groups excluding carboxylic acids is 1. The van der Waals surface area contributed by atoms with Gasteiger partial charge in [-0.15, -0.1) is 13.2 Å². The molecule has 0 radical (unpaired) electrons. The Bertz CT molecular complexity index is 454. The predicted octanol–water partition coefficient (Wildman–Crippen LogP) is 4.34. The molecule has 1 atom stereocenters. The monoisotopic (exact) mass is 278 g/mol. The molecule has 0 saturated heterocycles. The Labute approximate surface area is 108 Å². The van der Waals surface area contributed by atoms with E-state index in [9.17, 15) is 22.4 Å². The molecule has 19 heavy (non-hydrogen) atoms. The Morgan fingerprint density at radius 3 is 2.47 bits per heavy atom. The molecule has 0 aliphatic heterocycles. The average Bonchev–Trinajstić information content (AvgIpc) is 2.29. The molecule has 0 aliphatic carbocycles. The minimum absolute atomic E-state index is 0.0491. The molecular weight excluding hydrogens is 264 g/mol. The van der Waals surface area contributed by atoms with E-state index in [1.807, 2.05) is 6.92 Å². The zero-order valence-electron chi connectivity index (χ0n) is 10.6. The first-order valence-corrected chi connectivity index (χ1v) is 5.84. The molecule has 0 saturated carbocycles. The summed E-state index contributed by atoms with van der Waals surface area (Å²) in [5.41, 5.74) is 0.0491. The summed E-state index contributed by atoms with van der Waals surface area (Å²) in [5, 5.41) is 0. The van der Waals surface area contributed by atoms with E-state index >= 15 is 0 Å². The molecule has 0 fully saturated rings. The summed E-state index contributed by atoms with van der Waals surface area (Å²) in [6.45, 7) is 3.61. The lowest BCUT2D eigenvalue weighted by atomic mass is 9.95. The van der Waals surface area contributed by atoms with E-state index < -0.39 is 17.9 Å². The zero-order valence-corrected chi connectivity index (χ0v) is 10.6. The lowest BCUT2D eigenvalue weighted by Crippen LogP contribution is -2.18. The van der Waals surface area contributed by atoms with Crippen molar-refractivity contribution in [1.29, 1.82) is 0 Å². The predicted molar refractivity (Wildman–Crippen MR) is 61.5 cm³/mol. The lowest BCUT2D eigenvalue weighted by molar-refractivity contribution is -0.275. The summed E-state index contributed by atoms with van der Waals surface area (Å²) < 4.78 is 52.8. The normalized spacial score (nSPS) is 13.2. The van der Waals surface area contributed by atoms with Gasteiger partial charge in [0.25, 0.3) is 0 Å². The van der Waals surface area contributed by atoms with Gasteiger partial charge in [0.2, 0.25) is 0 Å². The average molecular weight is 278 g/mol. The van der Waals surface area contributed by atoms with Crippen LogP contribution in [-0.4, -0.2) is 12.1 Å². The quantitative estimate of drug-likeness (QED) is 0.591. The van der Waals surface area contributed by atoms with Gasteiger partial charge in [-0.3, -0.25) is 4.79 Å². The van der Waals surface area contributed by atoms with Crippen molar-refractivity contribution in [3.63, 3.8) is 0 Å². The number of Topliss-reactive ketones (excluding diaryl/α,β-unsaturated/α-hetero) is 1. The molecule has 0 aromatic heterocycles. The summed E-state index contributed by atoms with van der Waals surface area (Å²) in [5.74, 6) is -2.72. The van der Waals surface area contributed by atoms with Gasteiger partial charge in [0.15, 0.2) is 17.3 Å². The Morgan fingerprint density at radius 2 is 2.00 bits per heavy atom. The van der Waals surface area contributed by atoms with Crippen LogP contribution in [0.2, 0.25) is 0 Å². The number of rotatable bonds is 5. The Balaban J connectivity index is 2.90. The number of hydrogen-bond acceptors (Lipinski definition) is 2. The highest BCUT2D eigenvalue weighted by Gasteiger charge is 2.32. The number of hydrogen-bond donors (Lipinski definition) is 0. The van der Waals surface area contributed by atoms with Crippen molar-refractivity contribution in [2.24, 2.45) is 5.92 Å². The summed E-state index contributed by atoms with van der Waals surface area (Å²) in [4.78, 5) is 11.9. The van der Waals surface area contributed by atoms with Crippen LogP contribution in [0, 0.1) is 11.7 Å². The maximum absolute atomic E-state index is 13.4. The van der Waals surface area contributed by atoms with Crippen molar-refractivity contribution in [3.8, 4) is 5.75 Å². The topological polar surface area (TPSA) is 26.3 Å². The van der Waals surface area contributed by atoms with Gasteiger partial charge in [-0.2, -0.15) is 0 Å². The fourth-order valence-corrected chi connectivity index (χ4v) is 1.71. The van der Waals surface area contributed by atoms with Gasteiger partial charge >= 0.3 is 6.36 Å². The van der Waals surface area contributed by atoms with Crippen LogP contribution < -0.4 is 4.74 Å². The van der Waals surface area contributed by atoms with Gasteiger partial charge in [0, 0.05) is 11.5 Å². The first-order valence-electron chi connectivity index (χ1n) is 5.84. The first kappa shape index (κ1) is 15.5. The third-order valence-corrected chi connectivity index (χ3v) is 2.61. The van der Waals surface area contributed by atoms with Crippen LogP contribution in [0.5, 0.6) is 5.75 Å². The number of halogens is 4. The lowest BCUT2D eigenvalue weighted by Gasteiger charge is -2.12. The van der Waals surface area contributed by atoms with Gasteiger partial charge in [-0.25, -0.2) is 4.39 Å². The van der Waals surface area contributed by atoms with Gasteiger partial charge < -0.3 is 4.74 Å². The molecule has 0 spiro atoms. The fourth-order valence-electron chi connectivity index (χ4n) is 1.71. The second-order valence-electron chi connectivity index (χ2n) is 4.25. The third kappa shape index (κ3) is 4.54. The van der Waals surface area contributed by atoms with E-state index in [0.29, 0.717) is 6.42 Å². The maximum atomic E-state index is 13.4. The van der Waals surface area contributed by atoms with Crippen LogP contribution in [0.1, 0.15) is 37.0 Å². The zero-order chi connectivity index (χ0) is 14.6. The van der Waals surface area contributed by atoms with E-state index in [1.54, 1.807) is 6.92 Å². The second-order valence-corrected chi connectivity index (χ2v) is 4.25. The molecule has 0 heterocycles. The highest BCUT2D eigenvalue weighted by Crippen LogP contribution is 2.27. The van der Waals surface area contributed by atoms with Crippen LogP contribution in [0.4, 0.5) is 17.6 Å². The van der Waals surface area contributed by atoms with Gasteiger partial charge in [-0.1, -0.05) is 20.3 Å². The Hall–Kier alpha value is -1.59. The number of ketones is 1. The fraction of sp³-hybridized carbons (Fsp3) is 0.462. The van der Waals surface area contributed by atoms with Crippen molar-refractivity contribution in [2.45, 2.75) is 33.1 Å². The van der Waals surface area contributed by atoms with E-state index in [1.165, 1.54) is 0 Å². The molecule has 106 valence electrons. The molecular formula is C13H14F4O2. The molecule has 1 unspecified atom stereocenters. The second kappa shape index (κ2) is 6.04. The van der Waals surface area contributed by atoms with Crippen LogP contribution in [-0.2, 0) is 0 Å². The van der Waals surface area contributed by atoms with E-state index in [-0.39, 0.29) is 17.3 Å². The summed E-state index contributed by atoms with van der Waals surface area (Å²) in [7, 11) is 0. The molecule has 0 aliphatic rings. The molecule has 0 N–H and O–H groups in total. The molecule has 0 bridgehead atoms. The van der Waals surface area contributed by atoms with Crippen LogP contribution in [0.15, 0.2) is 18.2 Å². The molecule has 1 aromatic rings. The molecule has 0 amide bonds. The molecule has 2 nitrogen and oxygen atoms in total. The minimum Gasteiger partial charge on any atom is -0.403 e. The van der Waals surface area contributed by atoms with Crippen molar-refractivity contribution < 1.29 is 27.1 Å². The summed E-state index contributed by atoms with van der Waals surface area (Å²) in [6.07, 6.45) is -3.52. The largest absolute Gasteiger partial charge is 0.573 e. The third-order valence-electron chi connectivity index (χ3n) is 2.61. The Morgan fingerprint density at radius 1 is 1.37 bits per heavy atom. The van der Waals surface area contributed by atoms with Gasteiger partial charge in [-0.05, 0) is 24.6 Å². The van der Waals surface area contributed by atoms with Crippen molar-refractivity contribution in [2.75, 3.05) is 0 Å².